The van der Waals surface area contributed by atoms with Gasteiger partial charge in [-0.1, -0.05) is 20.3 Å². The second-order valence-electron chi connectivity index (χ2n) is 4.52. The second kappa shape index (κ2) is 11.0. The van der Waals surface area contributed by atoms with Gasteiger partial charge in [-0.2, -0.15) is 0 Å². The quantitative estimate of drug-likeness (QED) is 0.541. The van der Waals surface area contributed by atoms with Crippen molar-refractivity contribution in [2.75, 3.05) is 19.6 Å². The van der Waals surface area contributed by atoms with Crippen molar-refractivity contribution in [2.24, 2.45) is 11.7 Å². The predicted molar refractivity (Wildman–Crippen MR) is 73.0 cm³/mol. The Bertz CT molecular complexity index is 244. The minimum Gasteiger partial charge on any atom is -0.355 e. The van der Waals surface area contributed by atoms with Gasteiger partial charge >= 0.3 is 0 Å². The van der Waals surface area contributed by atoms with E-state index in [4.69, 9.17) is 5.73 Å². The maximum atomic E-state index is 11.5. The number of hydrogen-bond donors (Lipinski definition) is 3. The van der Waals surface area contributed by atoms with Crippen molar-refractivity contribution in [2.45, 2.75) is 46.0 Å². The summed E-state index contributed by atoms with van der Waals surface area (Å²) in [4.78, 5) is 22.8. The van der Waals surface area contributed by atoms with Crippen LogP contribution in [0.4, 0.5) is 0 Å². The summed E-state index contributed by atoms with van der Waals surface area (Å²) in [6, 6.07) is 0. The van der Waals surface area contributed by atoms with Gasteiger partial charge in [0.25, 0.3) is 0 Å². The number of amides is 2. The van der Waals surface area contributed by atoms with Crippen LogP contribution in [0.5, 0.6) is 0 Å². The molecule has 0 aromatic rings. The lowest BCUT2D eigenvalue weighted by atomic mass is 9.96. The SMILES string of the molecule is CCCNC(=O)CNC(=O)CCC(CC)CCN. The minimum atomic E-state index is -0.126. The molecule has 0 heterocycles. The Labute approximate surface area is 110 Å². The van der Waals surface area contributed by atoms with E-state index in [1.807, 2.05) is 6.92 Å². The fraction of sp³-hybridized carbons (Fsp3) is 0.846. The van der Waals surface area contributed by atoms with Gasteiger partial charge in [-0.25, -0.2) is 0 Å². The summed E-state index contributed by atoms with van der Waals surface area (Å²) in [7, 11) is 0. The monoisotopic (exact) mass is 257 g/mol. The van der Waals surface area contributed by atoms with E-state index in [1.54, 1.807) is 0 Å². The van der Waals surface area contributed by atoms with Crippen molar-refractivity contribution < 1.29 is 9.59 Å². The zero-order valence-electron chi connectivity index (χ0n) is 11.6. The highest BCUT2D eigenvalue weighted by atomic mass is 16.2. The number of nitrogens with one attached hydrogen (secondary N) is 2. The Morgan fingerprint density at radius 1 is 1.11 bits per heavy atom. The van der Waals surface area contributed by atoms with Crippen molar-refractivity contribution in [3.05, 3.63) is 0 Å². The Hall–Kier alpha value is -1.10. The van der Waals surface area contributed by atoms with Gasteiger partial charge in [-0.05, 0) is 31.7 Å². The van der Waals surface area contributed by atoms with Crippen LogP contribution in [0.1, 0.15) is 46.0 Å². The van der Waals surface area contributed by atoms with Gasteiger partial charge in [0.05, 0.1) is 6.54 Å². The van der Waals surface area contributed by atoms with E-state index in [0.717, 1.165) is 25.7 Å². The molecule has 1 unspecified atom stereocenters. The summed E-state index contributed by atoms with van der Waals surface area (Å²) in [5.41, 5.74) is 5.50. The molecule has 0 rings (SSSR count). The molecule has 18 heavy (non-hydrogen) atoms. The van der Waals surface area contributed by atoms with Gasteiger partial charge in [0, 0.05) is 13.0 Å². The molecule has 0 aliphatic rings. The Balaban J connectivity index is 3.67. The Morgan fingerprint density at radius 2 is 1.83 bits per heavy atom. The average Bonchev–Trinajstić information content (AvgIpc) is 2.38. The zero-order valence-corrected chi connectivity index (χ0v) is 11.6. The zero-order chi connectivity index (χ0) is 13.8. The fourth-order valence-electron chi connectivity index (χ4n) is 1.72. The maximum Gasteiger partial charge on any atom is 0.239 e. The molecule has 0 fully saturated rings. The van der Waals surface area contributed by atoms with Crippen LogP contribution in [-0.2, 0) is 9.59 Å². The summed E-state index contributed by atoms with van der Waals surface area (Å²) in [5.74, 6) is 0.325. The summed E-state index contributed by atoms with van der Waals surface area (Å²) in [6.07, 6.45) is 4.22. The van der Waals surface area contributed by atoms with Gasteiger partial charge in [-0.15, -0.1) is 0 Å². The molecule has 4 N–H and O–H groups in total. The molecule has 1 atom stereocenters. The number of carbonyl (C=O) groups excluding carboxylic acids is 2. The summed E-state index contributed by atoms with van der Waals surface area (Å²) in [5, 5.41) is 5.34. The van der Waals surface area contributed by atoms with E-state index in [1.165, 1.54) is 0 Å². The largest absolute Gasteiger partial charge is 0.355 e. The molecule has 2 amide bonds. The molecule has 0 radical (unpaired) electrons. The van der Waals surface area contributed by atoms with Crippen LogP contribution in [0.25, 0.3) is 0 Å². The van der Waals surface area contributed by atoms with Crippen molar-refractivity contribution in [1.29, 1.82) is 0 Å². The number of carbonyl (C=O) groups is 2. The lowest BCUT2D eigenvalue weighted by Crippen LogP contribution is -2.37. The molecule has 5 heteroatoms. The molecule has 0 spiro atoms. The van der Waals surface area contributed by atoms with Crippen LogP contribution in [0.15, 0.2) is 0 Å². The van der Waals surface area contributed by atoms with Crippen LogP contribution in [0, 0.1) is 5.92 Å². The maximum absolute atomic E-state index is 11.5. The van der Waals surface area contributed by atoms with Crippen molar-refractivity contribution in [1.82, 2.24) is 10.6 Å². The molecule has 0 bridgehead atoms. The van der Waals surface area contributed by atoms with Gasteiger partial charge < -0.3 is 16.4 Å². The molecule has 5 nitrogen and oxygen atoms in total. The van der Waals surface area contributed by atoms with Crippen LogP contribution in [-0.4, -0.2) is 31.4 Å². The molecule has 0 aromatic carbocycles. The van der Waals surface area contributed by atoms with Gasteiger partial charge in [0.15, 0.2) is 0 Å². The number of nitrogens with two attached hydrogens (primary N) is 1. The standard InChI is InChI=1S/C13H27N3O2/c1-3-9-15-13(18)10-16-12(17)6-5-11(4-2)7-8-14/h11H,3-10,14H2,1-2H3,(H,15,18)(H,16,17). The molecule has 0 aliphatic heterocycles. The lowest BCUT2D eigenvalue weighted by molar-refractivity contribution is -0.126. The van der Waals surface area contributed by atoms with Crippen LogP contribution >= 0.6 is 0 Å². The number of rotatable bonds is 10. The third-order valence-electron chi connectivity index (χ3n) is 2.95. The molecule has 0 saturated carbocycles. The molecule has 0 saturated heterocycles. The lowest BCUT2D eigenvalue weighted by Gasteiger charge is -2.13. The second-order valence-corrected chi connectivity index (χ2v) is 4.52. The normalized spacial score (nSPS) is 11.9. The first kappa shape index (κ1) is 16.9. The molecule has 0 aliphatic carbocycles. The van der Waals surface area contributed by atoms with E-state index in [-0.39, 0.29) is 18.4 Å². The van der Waals surface area contributed by atoms with E-state index < -0.39 is 0 Å². The summed E-state index contributed by atoms with van der Waals surface area (Å²) < 4.78 is 0. The average molecular weight is 257 g/mol. The van der Waals surface area contributed by atoms with Crippen molar-refractivity contribution >= 4 is 11.8 Å². The van der Waals surface area contributed by atoms with E-state index in [2.05, 4.69) is 17.6 Å². The van der Waals surface area contributed by atoms with Crippen molar-refractivity contribution in [3.8, 4) is 0 Å². The van der Waals surface area contributed by atoms with Gasteiger partial charge in [-0.3, -0.25) is 9.59 Å². The first-order valence-corrected chi connectivity index (χ1v) is 6.87. The summed E-state index contributed by atoms with van der Waals surface area (Å²) >= 11 is 0. The minimum absolute atomic E-state index is 0.0582. The van der Waals surface area contributed by atoms with Crippen LogP contribution in [0.3, 0.4) is 0 Å². The predicted octanol–water partition coefficient (Wildman–Crippen LogP) is 0.784. The first-order chi connectivity index (χ1) is 8.63. The summed E-state index contributed by atoms with van der Waals surface area (Å²) in [6.45, 7) is 5.49. The van der Waals surface area contributed by atoms with Crippen molar-refractivity contribution in [3.63, 3.8) is 0 Å². The van der Waals surface area contributed by atoms with Gasteiger partial charge in [0.2, 0.25) is 11.8 Å². The van der Waals surface area contributed by atoms with Crippen LogP contribution in [0.2, 0.25) is 0 Å². The molecule has 0 aromatic heterocycles. The smallest absolute Gasteiger partial charge is 0.239 e. The molecular formula is C13H27N3O2. The Morgan fingerprint density at radius 3 is 2.39 bits per heavy atom. The third-order valence-corrected chi connectivity index (χ3v) is 2.95. The number of hydrogen-bond acceptors (Lipinski definition) is 3. The topological polar surface area (TPSA) is 84.2 Å². The highest BCUT2D eigenvalue weighted by Gasteiger charge is 2.09. The highest BCUT2D eigenvalue weighted by Crippen LogP contribution is 2.13. The van der Waals surface area contributed by atoms with Crippen LogP contribution < -0.4 is 16.4 Å². The van der Waals surface area contributed by atoms with E-state index in [9.17, 15) is 9.59 Å². The van der Waals surface area contributed by atoms with Gasteiger partial charge in [0.1, 0.15) is 0 Å². The highest BCUT2D eigenvalue weighted by molar-refractivity contribution is 5.84. The van der Waals surface area contributed by atoms with E-state index >= 15 is 0 Å². The fourth-order valence-corrected chi connectivity index (χ4v) is 1.72. The molecular weight excluding hydrogens is 230 g/mol. The Kier molecular flexibility index (Phi) is 10.3. The van der Waals surface area contributed by atoms with E-state index in [0.29, 0.717) is 25.4 Å². The molecule has 106 valence electrons. The first-order valence-electron chi connectivity index (χ1n) is 6.87. The third kappa shape index (κ3) is 8.98.